The number of piperazine rings is 1. The van der Waals surface area contributed by atoms with E-state index in [-0.39, 0.29) is 36.8 Å². The van der Waals surface area contributed by atoms with Gasteiger partial charge in [0.05, 0.1) is 0 Å². The van der Waals surface area contributed by atoms with Crippen LogP contribution in [0.4, 0.5) is 5.82 Å². The molecule has 5 nitrogen and oxygen atoms in total. The number of rotatable bonds is 2. The predicted molar refractivity (Wildman–Crippen MR) is 98.1 cm³/mol. The Labute approximate surface area is 150 Å². The first-order valence-electron chi connectivity index (χ1n) is 7.88. The number of carbonyl (C=O) groups excluding carboxylic acids is 1. The molecule has 0 radical (unpaired) electrons. The van der Waals surface area contributed by atoms with Crippen LogP contribution in [0.1, 0.15) is 30.6 Å². The van der Waals surface area contributed by atoms with Crippen molar-refractivity contribution in [3.8, 4) is 0 Å². The zero-order chi connectivity index (χ0) is 14.8. The Balaban J connectivity index is 0.00000132. The van der Waals surface area contributed by atoms with Crippen LogP contribution in [-0.2, 0) is 0 Å². The van der Waals surface area contributed by atoms with Crippen molar-refractivity contribution >= 4 is 36.5 Å². The summed E-state index contributed by atoms with van der Waals surface area (Å²) in [5, 5.41) is 3.32. The first-order chi connectivity index (χ1) is 10.1. The molecule has 0 spiro atoms. The monoisotopic (exact) mass is 360 g/mol. The van der Waals surface area contributed by atoms with Crippen LogP contribution in [0, 0.1) is 5.92 Å². The molecule has 0 aliphatic carbocycles. The number of nitrogens with zero attached hydrogens (tertiary/aromatic N) is 3. The van der Waals surface area contributed by atoms with Gasteiger partial charge in [0.25, 0.3) is 5.91 Å². The molecule has 2 aliphatic heterocycles. The van der Waals surface area contributed by atoms with Crippen molar-refractivity contribution in [2.75, 3.05) is 37.6 Å². The molecule has 2 saturated heterocycles. The minimum absolute atomic E-state index is 0. The van der Waals surface area contributed by atoms with Gasteiger partial charge < -0.3 is 15.1 Å². The van der Waals surface area contributed by atoms with Gasteiger partial charge in [0.15, 0.2) is 0 Å². The number of hydrogen-bond donors (Lipinski definition) is 1. The maximum atomic E-state index is 12.7. The highest BCUT2D eigenvalue weighted by atomic mass is 35.5. The molecule has 1 N–H and O–H groups in total. The first-order valence-corrected chi connectivity index (χ1v) is 7.88. The van der Waals surface area contributed by atoms with Crippen molar-refractivity contribution in [3.63, 3.8) is 0 Å². The van der Waals surface area contributed by atoms with Crippen molar-refractivity contribution in [1.29, 1.82) is 0 Å². The maximum Gasteiger partial charge on any atom is 0.254 e. The van der Waals surface area contributed by atoms with Crippen molar-refractivity contribution in [1.82, 2.24) is 15.2 Å². The van der Waals surface area contributed by atoms with Crippen LogP contribution in [0.15, 0.2) is 18.3 Å². The Hall–Kier alpha value is -1.04. The van der Waals surface area contributed by atoms with Crippen molar-refractivity contribution in [2.45, 2.75) is 26.3 Å². The zero-order valence-corrected chi connectivity index (χ0v) is 15.3. The topological polar surface area (TPSA) is 48.5 Å². The Morgan fingerprint density at radius 2 is 2.09 bits per heavy atom. The second kappa shape index (κ2) is 8.71. The molecule has 2 atom stereocenters. The summed E-state index contributed by atoms with van der Waals surface area (Å²) in [4.78, 5) is 21.4. The number of pyridine rings is 1. The molecule has 2 aliphatic rings. The van der Waals surface area contributed by atoms with Crippen LogP contribution in [0.3, 0.4) is 0 Å². The normalized spacial score (nSPS) is 23.9. The van der Waals surface area contributed by atoms with Crippen LogP contribution in [0.5, 0.6) is 0 Å². The van der Waals surface area contributed by atoms with Gasteiger partial charge in [-0.05, 0) is 31.4 Å². The summed E-state index contributed by atoms with van der Waals surface area (Å²) in [6.07, 6.45) is 2.97. The number of nitrogens with one attached hydrogen (secondary N) is 1. The van der Waals surface area contributed by atoms with Crippen LogP contribution in [0.25, 0.3) is 0 Å². The first kappa shape index (κ1) is 20.0. The number of hydrogen-bond acceptors (Lipinski definition) is 4. The zero-order valence-electron chi connectivity index (χ0n) is 13.7. The quantitative estimate of drug-likeness (QED) is 0.878. The van der Waals surface area contributed by atoms with E-state index in [0.717, 1.165) is 44.1 Å². The summed E-state index contributed by atoms with van der Waals surface area (Å²) in [6.45, 7) is 8.94. The molecular formula is C16H26Cl2N4O. The van der Waals surface area contributed by atoms with Gasteiger partial charge >= 0.3 is 0 Å². The molecule has 3 rings (SSSR count). The van der Waals surface area contributed by atoms with Crippen molar-refractivity contribution in [2.24, 2.45) is 5.92 Å². The highest BCUT2D eigenvalue weighted by Gasteiger charge is 2.25. The number of halogens is 2. The van der Waals surface area contributed by atoms with E-state index in [0.29, 0.717) is 5.92 Å². The summed E-state index contributed by atoms with van der Waals surface area (Å²) in [5.74, 6) is 1.77. The lowest BCUT2D eigenvalue weighted by Gasteiger charge is -2.34. The van der Waals surface area contributed by atoms with Gasteiger partial charge in [-0.15, -0.1) is 24.8 Å². The molecule has 0 bridgehead atoms. The predicted octanol–water partition coefficient (Wildman–Crippen LogP) is 2.21. The Bertz CT molecular complexity index is 529. The Morgan fingerprint density at radius 3 is 2.74 bits per heavy atom. The SMILES string of the molecule is CC1CCN(c2cc(C(=O)N3CCNC[C@H]3C)ccn2)C1.Cl.Cl. The third kappa shape index (κ3) is 4.49. The van der Waals surface area contributed by atoms with E-state index in [1.165, 1.54) is 6.42 Å². The highest BCUT2D eigenvalue weighted by Crippen LogP contribution is 2.23. The van der Waals surface area contributed by atoms with E-state index in [1.807, 2.05) is 17.0 Å². The molecule has 3 heterocycles. The molecule has 130 valence electrons. The van der Waals surface area contributed by atoms with E-state index >= 15 is 0 Å². The van der Waals surface area contributed by atoms with Crippen molar-refractivity contribution < 1.29 is 4.79 Å². The molecule has 1 aromatic heterocycles. The van der Waals surface area contributed by atoms with Crippen LogP contribution < -0.4 is 10.2 Å². The summed E-state index contributed by atoms with van der Waals surface area (Å²) in [7, 11) is 0. The molecule has 0 saturated carbocycles. The van der Waals surface area contributed by atoms with Gasteiger partial charge in [-0.25, -0.2) is 4.98 Å². The number of carbonyl (C=O) groups is 1. The largest absolute Gasteiger partial charge is 0.356 e. The fraction of sp³-hybridized carbons (Fsp3) is 0.625. The van der Waals surface area contributed by atoms with E-state index < -0.39 is 0 Å². The van der Waals surface area contributed by atoms with Gasteiger partial charge in [-0.2, -0.15) is 0 Å². The smallest absolute Gasteiger partial charge is 0.254 e. The fourth-order valence-electron chi connectivity index (χ4n) is 3.18. The second-order valence-corrected chi connectivity index (χ2v) is 6.29. The van der Waals surface area contributed by atoms with E-state index in [1.54, 1.807) is 6.20 Å². The lowest BCUT2D eigenvalue weighted by atomic mass is 10.1. The van der Waals surface area contributed by atoms with Crippen molar-refractivity contribution in [3.05, 3.63) is 23.9 Å². The van der Waals surface area contributed by atoms with E-state index in [2.05, 4.69) is 29.0 Å². The average molecular weight is 361 g/mol. The summed E-state index contributed by atoms with van der Waals surface area (Å²) in [6, 6.07) is 4.03. The van der Waals surface area contributed by atoms with Crippen LogP contribution in [-0.4, -0.2) is 54.6 Å². The van der Waals surface area contributed by atoms with E-state index in [9.17, 15) is 4.79 Å². The Morgan fingerprint density at radius 1 is 1.30 bits per heavy atom. The minimum Gasteiger partial charge on any atom is -0.356 e. The third-order valence-corrected chi connectivity index (χ3v) is 4.50. The van der Waals surface area contributed by atoms with Gasteiger partial charge in [0.2, 0.25) is 0 Å². The lowest BCUT2D eigenvalue weighted by molar-refractivity contribution is 0.0655. The fourth-order valence-corrected chi connectivity index (χ4v) is 3.18. The number of amides is 1. The third-order valence-electron chi connectivity index (χ3n) is 4.50. The lowest BCUT2D eigenvalue weighted by Crippen LogP contribution is -2.52. The summed E-state index contributed by atoms with van der Waals surface area (Å²) < 4.78 is 0. The average Bonchev–Trinajstić information content (AvgIpc) is 2.94. The summed E-state index contributed by atoms with van der Waals surface area (Å²) in [5.41, 5.74) is 0.758. The molecule has 0 aromatic carbocycles. The van der Waals surface area contributed by atoms with Gasteiger partial charge in [0, 0.05) is 50.5 Å². The molecule has 23 heavy (non-hydrogen) atoms. The highest BCUT2D eigenvalue weighted by molar-refractivity contribution is 5.95. The summed E-state index contributed by atoms with van der Waals surface area (Å²) >= 11 is 0. The van der Waals surface area contributed by atoms with Crippen LogP contribution >= 0.6 is 24.8 Å². The minimum atomic E-state index is 0. The molecular weight excluding hydrogens is 335 g/mol. The van der Waals surface area contributed by atoms with E-state index in [4.69, 9.17) is 0 Å². The van der Waals surface area contributed by atoms with Gasteiger partial charge in [-0.3, -0.25) is 4.79 Å². The van der Waals surface area contributed by atoms with Gasteiger partial charge in [0.1, 0.15) is 5.82 Å². The molecule has 2 fully saturated rings. The maximum absolute atomic E-state index is 12.7. The Kier molecular flexibility index (Phi) is 7.58. The number of anilines is 1. The molecule has 1 unspecified atom stereocenters. The number of aromatic nitrogens is 1. The second-order valence-electron chi connectivity index (χ2n) is 6.29. The molecule has 1 amide bonds. The standard InChI is InChI=1S/C16H24N4O.2ClH/c1-12-4-7-19(11-12)15-9-14(3-5-18-15)16(21)20-8-6-17-10-13(20)2;;/h3,5,9,12-13,17H,4,6-8,10-11H2,1-2H3;2*1H/t12?,13-;;/m1../s1. The van der Waals surface area contributed by atoms with Gasteiger partial charge in [-0.1, -0.05) is 6.92 Å². The van der Waals surface area contributed by atoms with Crippen LogP contribution in [0.2, 0.25) is 0 Å². The molecule has 7 heteroatoms. The molecule has 1 aromatic rings.